The Bertz CT molecular complexity index is 689. The molecule has 26 heavy (non-hydrogen) atoms. The number of benzene rings is 1. The number of hydrogen-bond acceptors (Lipinski definition) is 3. The van der Waals surface area contributed by atoms with Crippen LogP contribution in [0.2, 0.25) is 0 Å². The fourth-order valence-corrected chi connectivity index (χ4v) is 2.60. The maximum Gasteiger partial charge on any atom is 0.308 e. The predicted molar refractivity (Wildman–Crippen MR) is 109 cm³/mol. The Hall–Kier alpha value is -2.29. The third kappa shape index (κ3) is 9.26. The molecule has 142 valence electrons. The molecule has 0 aliphatic heterocycles. The van der Waals surface area contributed by atoms with Crippen LogP contribution >= 0.6 is 0 Å². The molecule has 0 aliphatic rings. The third-order valence-electron chi connectivity index (χ3n) is 4.09. The fourth-order valence-electron chi connectivity index (χ4n) is 2.60. The van der Waals surface area contributed by atoms with E-state index in [1.807, 2.05) is 0 Å². The topological polar surface area (TPSA) is 46.5 Å². The zero-order valence-corrected chi connectivity index (χ0v) is 16.8. The largest absolute Gasteiger partial charge is 0.508 e. The van der Waals surface area contributed by atoms with Crippen LogP contribution in [-0.4, -0.2) is 11.1 Å². The van der Waals surface area contributed by atoms with Gasteiger partial charge < -0.3 is 9.84 Å². The molecule has 0 unspecified atom stereocenters. The van der Waals surface area contributed by atoms with Crippen LogP contribution in [-0.2, 0) is 11.2 Å². The highest BCUT2D eigenvalue weighted by atomic mass is 16.5. The summed E-state index contributed by atoms with van der Waals surface area (Å²) in [7, 11) is 0. The lowest BCUT2D eigenvalue weighted by Crippen LogP contribution is -2.03. The minimum atomic E-state index is -0.355. The van der Waals surface area contributed by atoms with E-state index in [1.165, 1.54) is 29.7 Å². The maximum absolute atomic E-state index is 11.2. The van der Waals surface area contributed by atoms with Crippen molar-refractivity contribution in [1.82, 2.24) is 0 Å². The van der Waals surface area contributed by atoms with Crippen molar-refractivity contribution in [1.29, 1.82) is 0 Å². The molecule has 0 atom stereocenters. The Labute approximate surface area is 158 Å². The van der Waals surface area contributed by atoms with Crippen LogP contribution in [0.25, 0.3) is 0 Å². The summed E-state index contributed by atoms with van der Waals surface area (Å²) in [4.78, 5) is 11.2. The van der Waals surface area contributed by atoms with Crippen molar-refractivity contribution in [2.24, 2.45) is 0 Å². The SMILES string of the molecule is CC(=O)Oc1ccc(O)cc1C/C=C(/C)CC/C=C(/C)CCC=C(C)C. The Kier molecular flexibility index (Phi) is 9.50. The van der Waals surface area contributed by atoms with E-state index in [2.05, 4.69) is 45.9 Å². The van der Waals surface area contributed by atoms with Gasteiger partial charge in [-0.2, -0.15) is 0 Å². The highest BCUT2D eigenvalue weighted by Crippen LogP contribution is 2.25. The minimum absolute atomic E-state index is 0.178. The third-order valence-corrected chi connectivity index (χ3v) is 4.09. The summed E-state index contributed by atoms with van der Waals surface area (Å²) in [6, 6.07) is 4.81. The first-order valence-corrected chi connectivity index (χ1v) is 9.23. The van der Waals surface area contributed by atoms with Gasteiger partial charge in [-0.3, -0.25) is 4.79 Å². The number of phenolic OH excluding ortho intramolecular Hbond substituents is 1. The summed E-state index contributed by atoms with van der Waals surface area (Å²) >= 11 is 0. The van der Waals surface area contributed by atoms with E-state index < -0.39 is 0 Å². The van der Waals surface area contributed by atoms with E-state index in [-0.39, 0.29) is 11.7 Å². The lowest BCUT2D eigenvalue weighted by Gasteiger charge is -2.08. The van der Waals surface area contributed by atoms with Crippen molar-refractivity contribution >= 4 is 5.97 Å². The minimum Gasteiger partial charge on any atom is -0.508 e. The van der Waals surface area contributed by atoms with Gasteiger partial charge >= 0.3 is 5.97 Å². The highest BCUT2D eigenvalue weighted by molar-refractivity contribution is 5.70. The van der Waals surface area contributed by atoms with Crippen molar-refractivity contribution in [3.8, 4) is 11.5 Å². The summed E-state index contributed by atoms with van der Waals surface area (Å²) in [5.74, 6) is 0.331. The average Bonchev–Trinajstić information content (AvgIpc) is 2.54. The molecule has 0 saturated heterocycles. The van der Waals surface area contributed by atoms with E-state index >= 15 is 0 Å². The van der Waals surface area contributed by atoms with Gasteiger partial charge in [-0.25, -0.2) is 0 Å². The molecule has 0 radical (unpaired) electrons. The van der Waals surface area contributed by atoms with Gasteiger partial charge in [0, 0.05) is 12.5 Å². The van der Waals surface area contributed by atoms with Crippen LogP contribution < -0.4 is 4.74 Å². The number of aromatic hydroxyl groups is 1. The lowest BCUT2D eigenvalue weighted by atomic mass is 10.0. The summed E-state index contributed by atoms with van der Waals surface area (Å²) in [5, 5.41) is 9.67. The Balaban J connectivity index is 2.57. The quantitative estimate of drug-likeness (QED) is 0.322. The van der Waals surface area contributed by atoms with Gasteiger partial charge in [0.25, 0.3) is 0 Å². The second-order valence-electron chi connectivity index (χ2n) is 7.05. The first kappa shape index (κ1) is 21.8. The maximum atomic E-state index is 11.2. The molecule has 1 rings (SSSR count). The standard InChI is InChI=1S/C23H32O3/c1-17(2)8-6-9-18(3)10-7-11-19(4)12-13-21-16-22(25)14-15-23(21)26-20(5)24/h8,10,12,14-16,25H,6-7,9,11,13H2,1-5H3/b18-10-,19-12-. The molecule has 0 aromatic heterocycles. The smallest absolute Gasteiger partial charge is 0.308 e. The monoisotopic (exact) mass is 356 g/mol. The molecular formula is C23H32O3. The Morgan fingerprint density at radius 1 is 0.962 bits per heavy atom. The number of allylic oxidation sites excluding steroid dienone is 6. The fraction of sp³-hybridized carbons (Fsp3) is 0.435. The van der Waals surface area contributed by atoms with Crippen molar-refractivity contribution < 1.29 is 14.6 Å². The Morgan fingerprint density at radius 2 is 1.58 bits per heavy atom. The zero-order chi connectivity index (χ0) is 19.5. The average molecular weight is 357 g/mol. The molecule has 1 N–H and O–H groups in total. The number of esters is 1. The lowest BCUT2D eigenvalue weighted by molar-refractivity contribution is -0.131. The molecule has 0 fully saturated rings. The summed E-state index contributed by atoms with van der Waals surface area (Å²) in [5.41, 5.74) is 4.90. The summed E-state index contributed by atoms with van der Waals surface area (Å²) in [6.45, 7) is 9.94. The van der Waals surface area contributed by atoms with E-state index in [9.17, 15) is 9.90 Å². The van der Waals surface area contributed by atoms with Gasteiger partial charge in [-0.15, -0.1) is 0 Å². The molecule has 3 nitrogen and oxygen atoms in total. The van der Waals surface area contributed by atoms with Gasteiger partial charge in [-0.1, -0.05) is 34.9 Å². The van der Waals surface area contributed by atoms with E-state index in [0.717, 1.165) is 31.2 Å². The van der Waals surface area contributed by atoms with Crippen LogP contribution in [0, 0.1) is 0 Å². The number of hydrogen-bond donors (Lipinski definition) is 1. The molecule has 1 aromatic rings. The van der Waals surface area contributed by atoms with Gasteiger partial charge in [-0.05, 0) is 78.0 Å². The number of rotatable bonds is 9. The van der Waals surface area contributed by atoms with E-state index in [4.69, 9.17) is 4.74 Å². The number of carbonyl (C=O) groups is 1. The first-order chi connectivity index (χ1) is 12.3. The second-order valence-corrected chi connectivity index (χ2v) is 7.05. The molecule has 3 heteroatoms. The van der Waals surface area contributed by atoms with Crippen LogP contribution in [0.5, 0.6) is 11.5 Å². The molecule has 0 saturated carbocycles. The zero-order valence-electron chi connectivity index (χ0n) is 16.8. The van der Waals surface area contributed by atoms with Gasteiger partial charge in [0.1, 0.15) is 11.5 Å². The van der Waals surface area contributed by atoms with Crippen molar-refractivity contribution in [3.63, 3.8) is 0 Å². The molecule has 0 amide bonds. The van der Waals surface area contributed by atoms with Crippen LogP contribution in [0.15, 0.2) is 53.1 Å². The number of ether oxygens (including phenoxy) is 1. The molecule has 0 heterocycles. The Morgan fingerprint density at radius 3 is 2.19 bits per heavy atom. The van der Waals surface area contributed by atoms with E-state index in [0.29, 0.717) is 12.2 Å². The van der Waals surface area contributed by atoms with Crippen molar-refractivity contribution in [2.45, 2.75) is 66.7 Å². The van der Waals surface area contributed by atoms with Crippen LogP contribution in [0.4, 0.5) is 0 Å². The van der Waals surface area contributed by atoms with E-state index in [1.54, 1.807) is 12.1 Å². The molecular weight excluding hydrogens is 324 g/mol. The number of carbonyl (C=O) groups excluding carboxylic acids is 1. The molecule has 1 aromatic carbocycles. The van der Waals surface area contributed by atoms with Gasteiger partial charge in [0.15, 0.2) is 0 Å². The van der Waals surface area contributed by atoms with Crippen LogP contribution in [0.3, 0.4) is 0 Å². The number of phenols is 1. The summed E-state index contributed by atoms with van der Waals surface area (Å²) < 4.78 is 5.21. The molecule has 0 spiro atoms. The first-order valence-electron chi connectivity index (χ1n) is 9.23. The van der Waals surface area contributed by atoms with Gasteiger partial charge in [0.2, 0.25) is 0 Å². The molecule has 0 bridgehead atoms. The van der Waals surface area contributed by atoms with Crippen molar-refractivity contribution in [2.75, 3.05) is 0 Å². The highest BCUT2D eigenvalue weighted by Gasteiger charge is 2.06. The van der Waals surface area contributed by atoms with Crippen molar-refractivity contribution in [3.05, 3.63) is 58.7 Å². The molecule has 0 aliphatic carbocycles. The second kappa shape index (κ2) is 11.3. The normalized spacial score (nSPS) is 12.0. The van der Waals surface area contributed by atoms with Crippen LogP contribution in [0.1, 0.15) is 65.9 Å². The van der Waals surface area contributed by atoms with Gasteiger partial charge in [0.05, 0.1) is 0 Å². The summed E-state index contributed by atoms with van der Waals surface area (Å²) in [6.07, 6.45) is 11.6. The predicted octanol–water partition coefficient (Wildman–Crippen LogP) is 6.28.